The normalized spacial score (nSPS) is 30.8. The maximum absolute atomic E-state index is 14.6. The fourth-order valence-corrected chi connectivity index (χ4v) is 2.33. The lowest BCUT2D eigenvalue weighted by atomic mass is 9.99. The van der Waals surface area contributed by atoms with Crippen LogP contribution < -0.4 is 10.5 Å². The molecule has 1 aromatic heterocycles. The van der Waals surface area contributed by atoms with Crippen molar-refractivity contribution in [1.82, 2.24) is 9.78 Å². The first-order valence-electron chi connectivity index (χ1n) is 5.08. The van der Waals surface area contributed by atoms with Crippen molar-refractivity contribution < 1.29 is 9.13 Å². The molecule has 2 unspecified atom stereocenters. The first-order chi connectivity index (χ1) is 7.07. The van der Waals surface area contributed by atoms with Crippen LogP contribution in [0.5, 0.6) is 5.75 Å². The van der Waals surface area contributed by atoms with Gasteiger partial charge in [0.15, 0.2) is 11.4 Å². The van der Waals surface area contributed by atoms with Crippen LogP contribution in [0, 0.1) is 0 Å². The fourth-order valence-electron chi connectivity index (χ4n) is 2.33. The van der Waals surface area contributed by atoms with Crippen LogP contribution in [0.25, 0.3) is 0 Å². The zero-order valence-electron chi connectivity index (χ0n) is 9.03. The second-order valence-corrected chi connectivity index (χ2v) is 4.15. The van der Waals surface area contributed by atoms with Gasteiger partial charge in [-0.3, -0.25) is 4.68 Å². The third-order valence-corrected chi connectivity index (χ3v) is 3.05. The van der Waals surface area contributed by atoms with E-state index >= 15 is 0 Å². The summed E-state index contributed by atoms with van der Waals surface area (Å²) in [6.07, 6.45) is 3.05. The number of alkyl halides is 1. The Bertz CT molecular complexity index is 366. The molecule has 15 heavy (non-hydrogen) atoms. The van der Waals surface area contributed by atoms with E-state index in [0.29, 0.717) is 30.7 Å². The van der Waals surface area contributed by atoms with Gasteiger partial charge < -0.3 is 10.5 Å². The predicted octanol–water partition coefficient (Wildman–Crippen LogP) is 1.10. The zero-order valence-corrected chi connectivity index (χ0v) is 9.03. The van der Waals surface area contributed by atoms with Crippen LogP contribution in [-0.2, 0) is 12.7 Å². The first-order valence-corrected chi connectivity index (χ1v) is 5.08. The average molecular weight is 213 g/mol. The second-order valence-electron chi connectivity index (χ2n) is 4.15. The van der Waals surface area contributed by atoms with Gasteiger partial charge in [0.1, 0.15) is 5.69 Å². The number of aryl methyl sites for hydroxylation is 1. The molecule has 2 atom stereocenters. The van der Waals surface area contributed by atoms with E-state index in [-0.39, 0.29) is 6.04 Å². The summed E-state index contributed by atoms with van der Waals surface area (Å²) in [5.41, 5.74) is 4.88. The molecular weight excluding hydrogens is 197 g/mol. The molecule has 0 bridgehead atoms. The number of nitrogens with two attached hydrogens (primary N) is 1. The van der Waals surface area contributed by atoms with Gasteiger partial charge in [-0.25, -0.2) is 4.39 Å². The van der Waals surface area contributed by atoms with Crippen LogP contribution in [0.3, 0.4) is 0 Å². The van der Waals surface area contributed by atoms with E-state index in [4.69, 9.17) is 10.5 Å². The molecule has 5 heteroatoms. The Morgan fingerprint density at radius 2 is 2.47 bits per heavy atom. The second kappa shape index (κ2) is 3.48. The number of aromatic nitrogens is 2. The minimum Gasteiger partial charge on any atom is -0.493 e. The van der Waals surface area contributed by atoms with Crippen molar-refractivity contribution in [3.63, 3.8) is 0 Å². The van der Waals surface area contributed by atoms with Gasteiger partial charge in [-0.15, -0.1) is 0 Å². The monoisotopic (exact) mass is 213 g/mol. The molecule has 0 aromatic carbocycles. The Kier molecular flexibility index (Phi) is 2.42. The lowest BCUT2D eigenvalue weighted by Crippen LogP contribution is -2.24. The highest BCUT2D eigenvalue weighted by molar-refractivity contribution is 5.32. The molecule has 0 amide bonds. The molecule has 1 aromatic rings. The molecule has 1 aliphatic carbocycles. The molecule has 2 N–H and O–H groups in total. The van der Waals surface area contributed by atoms with Crippen molar-refractivity contribution in [3.05, 3.63) is 11.9 Å². The summed E-state index contributed by atoms with van der Waals surface area (Å²) in [4.78, 5) is 0. The van der Waals surface area contributed by atoms with Gasteiger partial charge in [-0.1, -0.05) is 0 Å². The molecule has 1 saturated carbocycles. The Morgan fingerprint density at radius 1 is 1.73 bits per heavy atom. The summed E-state index contributed by atoms with van der Waals surface area (Å²) in [6, 6.07) is -0.0605. The number of nitrogens with zero attached hydrogens (tertiary/aromatic N) is 2. The predicted molar refractivity (Wildman–Crippen MR) is 54.4 cm³/mol. The van der Waals surface area contributed by atoms with E-state index in [1.807, 2.05) is 0 Å². The highest BCUT2D eigenvalue weighted by atomic mass is 19.1. The third-order valence-electron chi connectivity index (χ3n) is 3.05. The Balaban J connectivity index is 2.39. The Hall–Kier alpha value is -1.10. The van der Waals surface area contributed by atoms with Gasteiger partial charge in [0.2, 0.25) is 0 Å². The largest absolute Gasteiger partial charge is 0.493 e. The summed E-state index contributed by atoms with van der Waals surface area (Å²) in [6.45, 7) is 0. The molecule has 2 rings (SSSR count). The van der Waals surface area contributed by atoms with Gasteiger partial charge in [0.25, 0.3) is 0 Å². The molecule has 0 radical (unpaired) electrons. The van der Waals surface area contributed by atoms with Gasteiger partial charge in [-0.2, -0.15) is 5.10 Å². The van der Waals surface area contributed by atoms with Crippen molar-refractivity contribution in [1.29, 1.82) is 0 Å². The van der Waals surface area contributed by atoms with Crippen LogP contribution >= 0.6 is 0 Å². The fraction of sp³-hybridized carbons (Fsp3) is 0.700. The quantitative estimate of drug-likeness (QED) is 0.800. The van der Waals surface area contributed by atoms with E-state index in [1.54, 1.807) is 13.2 Å². The number of rotatable bonds is 2. The standard InChI is InChI=1S/C10H16FN3O/c1-14-9(8(15-2)6-13-14)10(11)4-3-7(12)5-10/h6-7H,3-5,12H2,1-2H3. The van der Waals surface area contributed by atoms with Crippen LogP contribution in [0.1, 0.15) is 25.0 Å². The Morgan fingerprint density at radius 3 is 3.00 bits per heavy atom. The summed E-state index contributed by atoms with van der Waals surface area (Å²) >= 11 is 0. The number of hydrogen-bond donors (Lipinski definition) is 1. The van der Waals surface area contributed by atoms with Crippen molar-refractivity contribution >= 4 is 0 Å². The van der Waals surface area contributed by atoms with Crippen LogP contribution in [-0.4, -0.2) is 22.9 Å². The highest BCUT2D eigenvalue weighted by Crippen LogP contribution is 2.45. The summed E-state index contributed by atoms with van der Waals surface area (Å²) in [5, 5.41) is 4.01. The SMILES string of the molecule is COc1cnn(C)c1C1(F)CCC(N)C1. The summed E-state index contributed by atoms with van der Waals surface area (Å²) in [5.74, 6) is 0.508. The molecule has 84 valence electrons. The maximum Gasteiger partial charge on any atom is 0.163 e. The number of methoxy groups -OCH3 is 1. The van der Waals surface area contributed by atoms with E-state index in [2.05, 4.69) is 5.10 Å². The van der Waals surface area contributed by atoms with Crippen LogP contribution in [0.2, 0.25) is 0 Å². The van der Waals surface area contributed by atoms with Crippen molar-refractivity contribution in [2.24, 2.45) is 12.8 Å². The molecule has 0 aliphatic heterocycles. The molecule has 0 saturated heterocycles. The molecular formula is C10H16FN3O. The van der Waals surface area contributed by atoms with Crippen molar-refractivity contribution in [3.8, 4) is 5.75 Å². The molecule has 4 nitrogen and oxygen atoms in total. The molecule has 0 spiro atoms. The van der Waals surface area contributed by atoms with Gasteiger partial charge >= 0.3 is 0 Å². The van der Waals surface area contributed by atoms with Gasteiger partial charge in [0, 0.05) is 19.5 Å². The Labute approximate surface area is 88.2 Å². The van der Waals surface area contributed by atoms with Gasteiger partial charge in [0.05, 0.1) is 13.3 Å². The van der Waals surface area contributed by atoms with Crippen molar-refractivity contribution in [2.75, 3.05) is 7.11 Å². The first kappa shape index (κ1) is 10.4. The van der Waals surface area contributed by atoms with E-state index in [0.717, 1.165) is 0 Å². The minimum absolute atomic E-state index is 0.0605. The van der Waals surface area contributed by atoms with Crippen LogP contribution in [0.15, 0.2) is 6.20 Å². The van der Waals surface area contributed by atoms with E-state index in [9.17, 15) is 4.39 Å². The van der Waals surface area contributed by atoms with Crippen LogP contribution in [0.4, 0.5) is 4.39 Å². The zero-order chi connectivity index (χ0) is 11.1. The maximum atomic E-state index is 14.6. The average Bonchev–Trinajstić information content (AvgIpc) is 2.71. The topological polar surface area (TPSA) is 53.1 Å². The molecule has 1 heterocycles. The number of hydrogen-bond acceptors (Lipinski definition) is 3. The van der Waals surface area contributed by atoms with Gasteiger partial charge in [-0.05, 0) is 12.8 Å². The number of ether oxygens (including phenoxy) is 1. The third kappa shape index (κ3) is 1.61. The lowest BCUT2D eigenvalue weighted by molar-refractivity contribution is 0.154. The molecule has 1 fully saturated rings. The van der Waals surface area contributed by atoms with E-state index < -0.39 is 5.67 Å². The van der Waals surface area contributed by atoms with E-state index in [1.165, 1.54) is 11.8 Å². The highest BCUT2D eigenvalue weighted by Gasteiger charge is 2.43. The summed E-state index contributed by atoms with van der Waals surface area (Å²) < 4.78 is 21.3. The number of halogens is 1. The molecule has 1 aliphatic rings. The lowest BCUT2D eigenvalue weighted by Gasteiger charge is -2.20. The smallest absolute Gasteiger partial charge is 0.163 e. The minimum atomic E-state index is -1.38. The van der Waals surface area contributed by atoms with Crippen molar-refractivity contribution in [2.45, 2.75) is 31.0 Å². The summed E-state index contributed by atoms with van der Waals surface area (Å²) in [7, 11) is 3.25.